The highest BCUT2D eigenvalue weighted by atomic mass is 16.6. The molecule has 4 nitrogen and oxygen atoms in total. The highest BCUT2D eigenvalue weighted by Crippen LogP contribution is 2.24. The molecule has 0 bridgehead atoms. The molecule has 0 spiro atoms. The average molecular weight is 229 g/mol. The number of rotatable bonds is 3. The van der Waals surface area contributed by atoms with Gasteiger partial charge in [-0.05, 0) is 11.5 Å². The van der Waals surface area contributed by atoms with Crippen molar-refractivity contribution in [1.82, 2.24) is 5.32 Å². The number of hydrogen-bond donors (Lipinski definition) is 1. The molecule has 0 aliphatic rings. The molecule has 0 saturated heterocycles. The van der Waals surface area contributed by atoms with Crippen LogP contribution in [0, 0.1) is 0 Å². The van der Waals surface area contributed by atoms with Gasteiger partial charge in [-0.25, -0.2) is 4.79 Å². The molecule has 86 valence electrons. The Balaban J connectivity index is 2.23. The summed E-state index contributed by atoms with van der Waals surface area (Å²) in [6.07, 6.45) is -0.0295. The lowest BCUT2D eigenvalue weighted by Crippen LogP contribution is -2.28. The number of carbonyl (C=O) groups excluding carboxylic acids is 2. The second-order valence-corrected chi connectivity index (χ2v) is 3.41. The second-order valence-electron chi connectivity index (χ2n) is 3.41. The molecule has 4 heteroatoms. The Morgan fingerprint density at radius 3 is 2.76 bits per heavy atom. The normalized spacial score (nSPS) is 9.88. The SMILES string of the molecule is O=CCNC(=O)Oc1cccc2ccccc12. The maximum Gasteiger partial charge on any atom is 0.412 e. The summed E-state index contributed by atoms with van der Waals surface area (Å²) in [7, 11) is 0. The van der Waals surface area contributed by atoms with E-state index in [0.29, 0.717) is 12.0 Å². The van der Waals surface area contributed by atoms with E-state index < -0.39 is 6.09 Å². The van der Waals surface area contributed by atoms with E-state index in [1.165, 1.54) is 0 Å². The summed E-state index contributed by atoms with van der Waals surface area (Å²) in [4.78, 5) is 21.4. The minimum absolute atomic E-state index is 0.0520. The lowest BCUT2D eigenvalue weighted by atomic mass is 10.1. The van der Waals surface area contributed by atoms with Crippen molar-refractivity contribution in [1.29, 1.82) is 0 Å². The predicted molar refractivity (Wildman–Crippen MR) is 64.0 cm³/mol. The van der Waals surface area contributed by atoms with Crippen LogP contribution in [0.2, 0.25) is 0 Å². The molecule has 0 aromatic heterocycles. The van der Waals surface area contributed by atoms with Crippen molar-refractivity contribution in [3.63, 3.8) is 0 Å². The molecular weight excluding hydrogens is 218 g/mol. The Morgan fingerprint density at radius 1 is 1.18 bits per heavy atom. The number of carbonyl (C=O) groups is 2. The van der Waals surface area contributed by atoms with E-state index in [0.717, 1.165) is 10.8 Å². The summed E-state index contributed by atoms with van der Waals surface area (Å²) >= 11 is 0. The van der Waals surface area contributed by atoms with Gasteiger partial charge in [-0.3, -0.25) is 0 Å². The summed E-state index contributed by atoms with van der Waals surface area (Å²) in [5.41, 5.74) is 0. The third-order valence-electron chi connectivity index (χ3n) is 2.28. The first-order valence-electron chi connectivity index (χ1n) is 5.18. The molecule has 2 rings (SSSR count). The van der Waals surface area contributed by atoms with Crippen LogP contribution < -0.4 is 10.1 Å². The van der Waals surface area contributed by atoms with Gasteiger partial charge in [-0.2, -0.15) is 0 Å². The Bertz CT molecular complexity index is 546. The van der Waals surface area contributed by atoms with Gasteiger partial charge in [-0.15, -0.1) is 0 Å². The van der Waals surface area contributed by atoms with Gasteiger partial charge in [0.1, 0.15) is 12.0 Å². The van der Waals surface area contributed by atoms with Crippen LogP contribution in [0.25, 0.3) is 10.8 Å². The molecule has 1 amide bonds. The van der Waals surface area contributed by atoms with E-state index in [9.17, 15) is 9.59 Å². The van der Waals surface area contributed by atoms with Gasteiger partial charge < -0.3 is 14.8 Å². The van der Waals surface area contributed by atoms with Crippen LogP contribution in [0.3, 0.4) is 0 Å². The zero-order chi connectivity index (χ0) is 12.1. The van der Waals surface area contributed by atoms with Gasteiger partial charge in [0, 0.05) is 5.39 Å². The Hall–Kier alpha value is -2.36. The van der Waals surface area contributed by atoms with E-state index >= 15 is 0 Å². The van der Waals surface area contributed by atoms with Crippen LogP contribution in [0.15, 0.2) is 42.5 Å². The van der Waals surface area contributed by atoms with Gasteiger partial charge in [0.2, 0.25) is 0 Å². The summed E-state index contributed by atoms with van der Waals surface area (Å²) in [5, 5.41) is 4.17. The van der Waals surface area contributed by atoms with Crippen LogP contribution in [0.4, 0.5) is 4.79 Å². The van der Waals surface area contributed by atoms with Crippen molar-refractivity contribution >= 4 is 23.2 Å². The maximum atomic E-state index is 11.3. The molecule has 0 radical (unpaired) electrons. The minimum Gasteiger partial charge on any atom is -0.410 e. The van der Waals surface area contributed by atoms with E-state index in [1.54, 1.807) is 6.07 Å². The Labute approximate surface area is 98.2 Å². The van der Waals surface area contributed by atoms with Crippen molar-refractivity contribution < 1.29 is 14.3 Å². The van der Waals surface area contributed by atoms with Crippen molar-refractivity contribution in [3.05, 3.63) is 42.5 Å². The predicted octanol–water partition coefficient (Wildman–Crippen LogP) is 2.13. The third kappa shape index (κ3) is 2.60. The van der Waals surface area contributed by atoms with Gasteiger partial charge in [-0.1, -0.05) is 36.4 Å². The maximum absolute atomic E-state index is 11.3. The molecule has 0 saturated carbocycles. The first-order valence-corrected chi connectivity index (χ1v) is 5.18. The summed E-state index contributed by atoms with van der Waals surface area (Å²) < 4.78 is 5.12. The number of hydrogen-bond acceptors (Lipinski definition) is 3. The van der Waals surface area contributed by atoms with Gasteiger partial charge >= 0.3 is 6.09 Å². The van der Waals surface area contributed by atoms with E-state index in [-0.39, 0.29) is 6.54 Å². The average Bonchev–Trinajstić information content (AvgIpc) is 2.37. The lowest BCUT2D eigenvalue weighted by Gasteiger charge is -2.07. The van der Waals surface area contributed by atoms with Crippen molar-refractivity contribution in [2.75, 3.05) is 6.54 Å². The monoisotopic (exact) mass is 229 g/mol. The van der Waals surface area contributed by atoms with Crippen LogP contribution in [-0.4, -0.2) is 18.9 Å². The first-order chi connectivity index (χ1) is 8.31. The zero-order valence-corrected chi connectivity index (χ0v) is 9.05. The summed E-state index contributed by atoms with van der Waals surface area (Å²) in [5.74, 6) is 0.478. The number of benzene rings is 2. The van der Waals surface area contributed by atoms with Crippen LogP contribution in [-0.2, 0) is 4.79 Å². The smallest absolute Gasteiger partial charge is 0.410 e. The fourth-order valence-corrected chi connectivity index (χ4v) is 1.55. The molecule has 0 atom stereocenters. The number of ether oxygens (including phenoxy) is 1. The molecule has 0 unspecified atom stereocenters. The lowest BCUT2D eigenvalue weighted by molar-refractivity contribution is -0.107. The minimum atomic E-state index is -0.631. The largest absolute Gasteiger partial charge is 0.412 e. The standard InChI is InChI=1S/C13H11NO3/c15-9-8-14-13(16)17-12-7-3-5-10-4-1-2-6-11(10)12/h1-7,9H,8H2,(H,14,16). The van der Waals surface area contributed by atoms with Gasteiger partial charge in [0.05, 0.1) is 6.54 Å². The van der Waals surface area contributed by atoms with Crippen molar-refractivity contribution in [2.45, 2.75) is 0 Å². The van der Waals surface area contributed by atoms with Crippen molar-refractivity contribution in [3.8, 4) is 5.75 Å². The molecular formula is C13H11NO3. The molecule has 2 aromatic rings. The Morgan fingerprint density at radius 2 is 1.94 bits per heavy atom. The quantitative estimate of drug-likeness (QED) is 0.820. The van der Waals surface area contributed by atoms with Gasteiger partial charge in [0.15, 0.2) is 0 Å². The molecule has 0 fully saturated rings. The molecule has 1 N–H and O–H groups in total. The zero-order valence-electron chi connectivity index (χ0n) is 9.05. The van der Waals surface area contributed by atoms with Crippen LogP contribution >= 0.6 is 0 Å². The van der Waals surface area contributed by atoms with Gasteiger partial charge in [0.25, 0.3) is 0 Å². The fraction of sp³-hybridized carbons (Fsp3) is 0.0769. The molecule has 17 heavy (non-hydrogen) atoms. The number of nitrogens with one attached hydrogen (secondary N) is 1. The second kappa shape index (κ2) is 5.12. The first kappa shape index (κ1) is 11.1. The highest BCUT2D eigenvalue weighted by molar-refractivity contribution is 5.90. The van der Waals surface area contributed by atoms with Crippen molar-refractivity contribution in [2.24, 2.45) is 0 Å². The van der Waals surface area contributed by atoms with E-state index in [1.807, 2.05) is 36.4 Å². The topological polar surface area (TPSA) is 55.4 Å². The number of amides is 1. The molecule has 0 aliphatic heterocycles. The fourth-order valence-electron chi connectivity index (χ4n) is 1.55. The number of aldehydes is 1. The summed E-state index contributed by atoms with van der Waals surface area (Å²) in [6.45, 7) is -0.0520. The Kier molecular flexibility index (Phi) is 3.35. The molecule has 0 heterocycles. The van der Waals surface area contributed by atoms with Crippen LogP contribution in [0.5, 0.6) is 5.75 Å². The summed E-state index contributed by atoms with van der Waals surface area (Å²) in [6, 6.07) is 13.1. The number of fused-ring (bicyclic) bond motifs is 1. The highest BCUT2D eigenvalue weighted by Gasteiger charge is 2.06. The van der Waals surface area contributed by atoms with E-state index in [2.05, 4.69) is 5.32 Å². The molecule has 2 aromatic carbocycles. The third-order valence-corrected chi connectivity index (χ3v) is 2.28. The van der Waals surface area contributed by atoms with Crippen LogP contribution in [0.1, 0.15) is 0 Å². The molecule has 0 aliphatic carbocycles. The van der Waals surface area contributed by atoms with E-state index in [4.69, 9.17) is 4.74 Å².